The first-order valence-corrected chi connectivity index (χ1v) is 9.65. The number of aromatic nitrogens is 3. The molecular weight excluding hydrogens is 340 g/mol. The molecule has 0 atom stereocenters. The van der Waals surface area contributed by atoms with Gasteiger partial charge in [-0.2, -0.15) is 5.10 Å². The van der Waals surface area contributed by atoms with Gasteiger partial charge in [0, 0.05) is 44.6 Å². The number of carbonyl (C=O) groups is 1. The summed E-state index contributed by atoms with van der Waals surface area (Å²) >= 11 is 0. The average molecular weight is 373 g/mol. The molecular formula is C21H32N4O2. The molecule has 2 rings (SSSR count). The maximum atomic E-state index is 13.3. The van der Waals surface area contributed by atoms with E-state index in [1.54, 1.807) is 26.5 Å². The van der Waals surface area contributed by atoms with Crippen LogP contribution in [0.3, 0.4) is 0 Å². The predicted octanol–water partition coefficient (Wildman–Crippen LogP) is 3.23. The maximum absolute atomic E-state index is 13.3. The summed E-state index contributed by atoms with van der Waals surface area (Å²) in [5.41, 5.74) is 1.78. The van der Waals surface area contributed by atoms with Crippen molar-refractivity contribution in [1.29, 1.82) is 0 Å². The van der Waals surface area contributed by atoms with E-state index in [4.69, 9.17) is 0 Å². The summed E-state index contributed by atoms with van der Waals surface area (Å²) in [7, 11) is 1.85. The molecule has 6 heteroatoms. The van der Waals surface area contributed by atoms with Crippen LogP contribution < -0.4 is 5.56 Å². The van der Waals surface area contributed by atoms with Crippen LogP contribution in [0.2, 0.25) is 0 Å². The summed E-state index contributed by atoms with van der Waals surface area (Å²) in [6.45, 7) is 11.9. The molecule has 0 bridgehead atoms. The highest BCUT2D eigenvalue weighted by molar-refractivity contribution is 5.95. The monoisotopic (exact) mass is 372 g/mol. The minimum absolute atomic E-state index is 0.194. The molecule has 2 aromatic rings. The summed E-state index contributed by atoms with van der Waals surface area (Å²) < 4.78 is 3.39. The third-order valence-corrected chi connectivity index (χ3v) is 4.54. The van der Waals surface area contributed by atoms with Gasteiger partial charge < -0.3 is 9.47 Å². The fraction of sp³-hybridized carbons (Fsp3) is 0.571. The fourth-order valence-corrected chi connectivity index (χ4v) is 3.09. The Labute approximate surface area is 161 Å². The molecule has 2 heterocycles. The van der Waals surface area contributed by atoms with Gasteiger partial charge in [-0.15, -0.1) is 0 Å². The number of aryl methyl sites for hydroxylation is 3. The predicted molar refractivity (Wildman–Crippen MR) is 108 cm³/mol. The molecule has 0 saturated carbocycles. The Hall–Kier alpha value is -2.37. The molecule has 1 amide bonds. The highest BCUT2D eigenvalue weighted by atomic mass is 16.2. The van der Waals surface area contributed by atoms with E-state index in [0.29, 0.717) is 31.5 Å². The molecule has 0 aliphatic heterocycles. The van der Waals surface area contributed by atoms with Crippen molar-refractivity contribution >= 4 is 5.91 Å². The van der Waals surface area contributed by atoms with Crippen LogP contribution in [0.4, 0.5) is 0 Å². The van der Waals surface area contributed by atoms with E-state index in [0.717, 1.165) is 17.5 Å². The Morgan fingerprint density at radius 1 is 1.22 bits per heavy atom. The van der Waals surface area contributed by atoms with Crippen molar-refractivity contribution in [3.63, 3.8) is 0 Å². The van der Waals surface area contributed by atoms with E-state index in [1.807, 2.05) is 26.2 Å². The molecule has 0 N–H and O–H groups in total. The lowest BCUT2D eigenvalue weighted by atomic mass is 10.1. The molecule has 2 aromatic heterocycles. The molecule has 0 fully saturated rings. The Morgan fingerprint density at radius 3 is 2.48 bits per heavy atom. The Morgan fingerprint density at radius 2 is 1.93 bits per heavy atom. The van der Waals surface area contributed by atoms with Gasteiger partial charge in [0.2, 0.25) is 0 Å². The summed E-state index contributed by atoms with van der Waals surface area (Å²) in [6, 6.07) is 1.87. The molecule has 0 aromatic carbocycles. The number of amides is 1. The number of pyridine rings is 1. The molecule has 0 unspecified atom stereocenters. The fourth-order valence-electron chi connectivity index (χ4n) is 3.09. The van der Waals surface area contributed by atoms with Crippen LogP contribution in [0, 0.1) is 18.8 Å². The first kappa shape index (κ1) is 20.9. The van der Waals surface area contributed by atoms with Gasteiger partial charge in [0.25, 0.3) is 11.5 Å². The molecule has 0 radical (unpaired) electrons. The van der Waals surface area contributed by atoms with E-state index in [9.17, 15) is 9.59 Å². The quantitative estimate of drug-likeness (QED) is 0.715. The molecule has 6 nitrogen and oxygen atoms in total. The van der Waals surface area contributed by atoms with Crippen LogP contribution in [0.25, 0.3) is 0 Å². The van der Waals surface area contributed by atoms with Crippen LogP contribution in [0.5, 0.6) is 0 Å². The molecule has 0 spiro atoms. The van der Waals surface area contributed by atoms with Crippen molar-refractivity contribution in [2.45, 2.75) is 54.1 Å². The molecule has 0 aliphatic rings. The van der Waals surface area contributed by atoms with E-state index >= 15 is 0 Å². The minimum atomic E-state index is -0.200. The van der Waals surface area contributed by atoms with E-state index in [1.165, 1.54) is 0 Å². The van der Waals surface area contributed by atoms with Crippen LogP contribution in [0.15, 0.2) is 29.5 Å². The Balaban J connectivity index is 2.35. The topological polar surface area (TPSA) is 60.1 Å². The van der Waals surface area contributed by atoms with Crippen molar-refractivity contribution < 1.29 is 4.79 Å². The van der Waals surface area contributed by atoms with Crippen LogP contribution in [0.1, 0.15) is 55.6 Å². The van der Waals surface area contributed by atoms with Crippen LogP contribution in [-0.4, -0.2) is 31.7 Å². The van der Waals surface area contributed by atoms with Crippen LogP contribution in [-0.2, 0) is 20.1 Å². The highest BCUT2D eigenvalue weighted by Crippen LogP contribution is 2.13. The van der Waals surface area contributed by atoms with Crippen molar-refractivity contribution in [2.75, 3.05) is 6.54 Å². The number of rotatable bonds is 8. The molecule has 0 saturated heterocycles. The number of nitrogens with zero attached hydrogens (tertiary/aromatic N) is 4. The van der Waals surface area contributed by atoms with Crippen molar-refractivity contribution in [1.82, 2.24) is 19.2 Å². The lowest BCUT2D eigenvalue weighted by molar-refractivity contribution is 0.0719. The summed E-state index contributed by atoms with van der Waals surface area (Å²) in [4.78, 5) is 28.1. The number of hydrogen-bond donors (Lipinski definition) is 0. The normalized spacial score (nSPS) is 11.4. The lowest BCUT2D eigenvalue weighted by Crippen LogP contribution is -2.39. The standard InChI is InChI=1S/C21H32N4O2/c1-15(2)7-9-24-10-8-17(5)19(20(24)26)21(27)25(12-16(3)4)14-18-11-22-23(6)13-18/h8,10-11,13,15-16H,7,9,12,14H2,1-6H3. The van der Waals surface area contributed by atoms with Gasteiger partial charge in [0.05, 0.1) is 6.20 Å². The van der Waals surface area contributed by atoms with Crippen molar-refractivity contribution in [2.24, 2.45) is 18.9 Å². The van der Waals surface area contributed by atoms with Gasteiger partial charge >= 0.3 is 0 Å². The van der Waals surface area contributed by atoms with Gasteiger partial charge in [-0.1, -0.05) is 27.7 Å². The minimum Gasteiger partial charge on any atom is -0.334 e. The number of hydrogen-bond acceptors (Lipinski definition) is 3. The average Bonchev–Trinajstić information content (AvgIpc) is 2.98. The van der Waals surface area contributed by atoms with Crippen LogP contribution >= 0.6 is 0 Å². The second-order valence-electron chi connectivity index (χ2n) is 8.16. The zero-order chi connectivity index (χ0) is 20.1. The zero-order valence-corrected chi connectivity index (χ0v) is 17.4. The van der Waals surface area contributed by atoms with Crippen molar-refractivity contribution in [3.05, 3.63) is 51.7 Å². The SMILES string of the molecule is Cc1ccn(CCC(C)C)c(=O)c1C(=O)N(Cc1cnn(C)c1)CC(C)C. The third kappa shape index (κ3) is 5.55. The highest BCUT2D eigenvalue weighted by Gasteiger charge is 2.23. The maximum Gasteiger partial charge on any atom is 0.263 e. The van der Waals surface area contributed by atoms with Gasteiger partial charge in [-0.25, -0.2) is 0 Å². The van der Waals surface area contributed by atoms with Crippen molar-refractivity contribution in [3.8, 4) is 0 Å². The Bertz CT molecular complexity index is 833. The van der Waals surface area contributed by atoms with Gasteiger partial charge in [-0.05, 0) is 36.8 Å². The molecule has 27 heavy (non-hydrogen) atoms. The Kier molecular flexibility index (Phi) is 6.99. The first-order chi connectivity index (χ1) is 12.7. The number of carbonyl (C=O) groups excluding carboxylic acids is 1. The molecule has 148 valence electrons. The second kappa shape index (κ2) is 9.02. The lowest BCUT2D eigenvalue weighted by Gasteiger charge is -2.25. The molecule has 0 aliphatic carbocycles. The summed E-state index contributed by atoms with van der Waals surface area (Å²) in [5, 5.41) is 4.18. The summed E-state index contributed by atoms with van der Waals surface area (Å²) in [5.74, 6) is 0.604. The first-order valence-electron chi connectivity index (χ1n) is 9.65. The van der Waals surface area contributed by atoms with E-state index in [2.05, 4.69) is 32.8 Å². The largest absolute Gasteiger partial charge is 0.334 e. The smallest absolute Gasteiger partial charge is 0.263 e. The van der Waals surface area contributed by atoms with Gasteiger partial charge in [0.1, 0.15) is 5.56 Å². The third-order valence-electron chi connectivity index (χ3n) is 4.54. The second-order valence-corrected chi connectivity index (χ2v) is 8.16. The van der Waals surface area contributed by atoms with Gasteiger partial charge in [0.15, 0.2) is 0 Å². The summed E-state index contributed by atoms with van der Waals surface area (Å²) in [6.07, 6.45) is 6.37. The van der Waals surface area contributed by atoms with E-state index in [-0.39, 0.29) is 17.0 Å². The van der Waals surface area contributed by atoms with Gasteiger partial charge in [-0.3, -0.25) is 14.3 Å². The van der Waals surface area contributed by atoms with E-state index < -0.39 is 0 Å². The zero-order valence-electron chi connectivity index (χ0n) is 17.4.